The molecule has 78 valence electrons. The number of aromatic nitrogens is 2. The van der Waals surface area contributed by atoms with Gasteiger partial charge in [-0.15, -0.1) is 0 Å². The highest BCUT2D eigenvalue weighted by Gasteiger charge is 2.10. The van der Waals surface area contributed by atoms with Crippen molar-refractivity contribution in [2.45, 2.75) is 33.7 Å². The van der Waals surface area contributed by atoms with Gasteiger partial charge in [-0.05, 0) is 34.4 Å². The average molecular weight is 306 g/mol. The van der Waals surface area contributed by atoms with E-state index in [-0.39, 0.29) is 11.0 Å². The average Bonchev–Trinajstić information content (AvgIpc) is 2.00. The van der Waals surface area contributed by atoms with E-state index >= 15 is 0 Å². The third-order valence-corrected chi connectivity index (χ3v) is 2.50. The molecule has 0 amide bonds. The van der Waals surface area contributed by atoms with Gasteiger partial charge in [0.2, 0.25) is 0 Å². The SMILES string of the molecule is CC(C)(C)CCn1ncc(I)cc1=O. The molecule has 0 N–H and O–H groups in total. The molecule has 0 radical (unpaired) electrons. The standard InChI is InChI=1S/C10H15IN2O/c1-10(2,3)4-5-13-9(14)6-8(11)7-12-13/h6-7H,4-5H2,1-3H3. The number of halogens is 1. The normalized spacial score (nSPS) is 11.7. The van der Waals surface area contributed by atoms with Crippen LogP contribution in [0.2, 0.25) is 0 Å². The fraction of sp³-hybridized carbons (Fsp3) is 0.600. The number of nitrogens with zero attached hydrogens (tertiary/aromatic N) is 2. The van der Waals surface area contributed by atoms with E-state index < -0.39 is 0 Å². The molecule has 0 aliphatic rings. The van der Waals surface area contributed by atoms with Crippen molar-refractivity contribution in [1.29, 1.82) is 0 Å². The predicted octanol–water partition coefficient (Wildman–Crippen LogP) is 2.28. The Kier molecular flexibility index (Phi) is 3.69. The van der Waals surface area contributed by atoms with Crippen LogP contribution in [0.1, 0.15) is 27.2 Å². The van der Waals surface area contributed by atoms with Crippen molar-refractivity contribution < 1.29 is 0 Å². The molecule has 3 nitrogen and oxygen atoms in total. The molecular formula is C10H15IN2O. The molecule has 1 heterocycles. The van der Waals surface area contributed by atoms with Crippen LogP contribution in [0.15, 0.2) is 17.1 Å². The number of hydrogen-bond acceptors (Lipinski definition) is 2. The zero-order valence-corrected chi connectivity index (χ0v) is 10.9. The van der Waals surface area contributed by atoms with Crippen LogP contribution in [0.25, 0.3) is 0 Å². The van der Waals surface area contributed by atoms with Crippen molar-refractivity contribution in [3.63, 3.8) is 0 Å². The molecule has 0 spiro atoms. The fourth-order valence-corrected chi connectivity index (χ4v) is 1.41. The molecule has 0 saturated carbocycles. The second-order valence-corrected chi connectivity index (χ2v) is 5.79. The summed E-state index contributed by atoms with van der Waals surface area (Å²) in [6.45, 7) is 7.17. The van der Waals surface area contributed by atoms with E-state index in [2.05, 4.69) is 48.5 Å². The molecule has 1 aromatic rings. The van der Waals surface area contributed by atoms with Crippen LogP contribution in [0.4, 0.5) is 0 Å². The second kappa shape index (κ2) is 4.42. The first-order chi connectivity index (χ1) is 6.38. The summed E-state index contributed by atoms with van der Waals surface area (Å²) in [5, 5.41) is 4.08. The van der Waals surface area contributed by atoms with E-state index in [0.717, 1.165) is 9.99 Å². The summed E-state index contributed by atoms with van der Waals surface area (Å²) < 4.78 is 2.41. The molecule has 14 heavy (non-hydrogen) atoms. The molecule has 0 fully saturated rings. The zero-order valence-electron chi connectivity index (χ0n) is 8.75. The van der Waals surface area contributed by atoms with Gasteiger partial charge >= 0.3 is 0 Å². The monoisotopic (exact) mass is 306 g/mol. The lowest BCUT2D eigenvalue weighted by Gasteiger charge is -2.17. The van der Waals surface area contributed by atoms with Gasteiger partial charge in [0, 0.05) is 16.2 Å². The van der Waals surface area contributed by atoms with E-state index in [1.54, 1.807) is 12.3 Å². The Balaban J connectivity index is 2.74. The molecule has 0 bridgehead atoms. The van der Waals surface area contributed by atoms with Crippen LogP contribution < -0.4 is 5.56 Å². The van der Waals surface area contributed by atoms with Crippen molar-refractivity contribution in [2.75, 3.05) is 0 Å². The van der Waals surface area contributed by atoms with E-state index in [4.69, 9.17) is 0 Å². The third kappa shape index (κ3) is 3.77. The smallest absolute Gasteiger partial charge is 0.267 e. The summed E-state index contributed by atoms with van der Waals surface area (Å²) in [4.78, 5) is 11.5. The van der Waals surface area contributed by atoms with E-state index in [0.29, 0.717) is 6.54 Å². The Morgan fingerprint density at radius 1 is 1.50 bits per heavy atom. The summed E-state index contributed by atoms with van der Waals surface area (Å²) in [6.07, 6.45) is 2.67. The van der Waals surface area contributed by atoms with Crippen molar-refractivity contribution in [3.05, 3.63) is 26.2 Å². The summed E-state index contributed by atoms with van der Waals surface area (Å²) in [5.74, 6) is 0. The molecule has 0 aromatic carbocycles. The number of aryl methyl sites for hydroxylation is 1. The maximum absolute atomic E-state index is 11.5. The highest BCUT2D eigenvalue weighted by atomic mass is 127. The Labute approximate surface area is 97.7 Å². The van der Waals surface area contributed by atoms with Gasteiger partial charge in [0.25, 0.3) is 5.56 Å². The Morgan fingerprint density at radius 3 is 2.64 bits per heavy atom. The Hall–Kier alpha value is -0.390. The van der Waals surface area contributed by atoms with Gasteiger partial charge in [-0.25, -0.2) is 4.68 Å². The molecule has 0 unspecified atom stereocenters. The molecule has 0 saturated heterocycles. The van der Waals surface area contributed by atoms with Gasteiger partial charge in [-0.1, -0.05) is 20.8 Å². The predicted molar refractivity (Wildman–Crippen MR) is 65.3 cm³/mol. The fourth-order valence-electron chi connectivity index (χ4n) is 1.02. The van der Waals surface area contributed by atoms with Crippen molar-refractivity contribution in [3.8, 4) is 0 Å². The highest BCUT2D eigenvalue weighted by Crippen LogP contribution is 2.18. The van der Waals surface area contributed by atoms with Crippen LogP contribution >= 0.6 is 22.6 Å². The largest absolute Gasteiger partial charge is 0.268 e. The molecule has 1 rings (SSSR count). The van der Waals surface area contributed by atoms with Crippen LogP contribution in [0.3, 0.4) is 0 Å². The van der Waals surface area contributed by atoms with Gasteiger partial charge in [-0.2, -0.15) is 5.10 Å². The van der Waals surface area contributed by atoms with Gasteiger partial charge in [0.05, 0.1) is 6.20 Å². The van der Waals surface area contributed by atoms with Gasteiger partial charge in [-0.3, -0.25) is 4.79 Å². The summed E-state index contributed by atoms with van der Waals surface area (Å²) in [7, 11) is 0. The topological polar surface area (TPSA) is 34.9 Å². The number of rotatable bonds is 2. The van der Waals surface area contributed by atoms with Crippen molar-refractivity contribution >= 4 is 22.6 Å². The van der Waals surface area contributed by atoms with Crippen LogP contribution in [-0.2, 0) is 6.54 Å². The first kappa shape index (κ1) is 11.7. The van der Waals surface area contributed by atoms with E-state index in [1.807, 2.05) is 0 Å². The minimum Gasteiger partial charge on any atom is -0.268 e. The van der Waals surface area contributed by atoms with Crippen molar-refractivity contribution in [2.24, 2.45) is 5.41 Å². The van der Waals surface area contributed by atoms with Crippen LogP contribution in [0.5, 0.6) is 0 Å². The van der Waals surface area contributed by atoms with Crippen LogP contribution in [0, 0.1) is 8.99 Å². The minimum absolute atomic E-state index is 0.0128. The molecule has 0 atom stereocenters. The van der Waals surface area contributed by atoms with Gasteiger partial charge < -0.3 is 0 Å². The van der Waals surface area contributed by atoms with Crippen molar-refractivity contribution in [1.82, 2.24) is 9.78 Å². The summed E-state index contributed by atoms with van der Waals surface area (Å²) in [5.41, 5.74) is 0.227. The molecule has 4 heteroatoms. The molecule has 0 aliphatic heterocycles. The first-order valence-corrected chi connectivity index (χ1v) is 5.69. The van der Waals surface area contributed by atoms with E-state index in [9.17, 15) is 4.79 Å². The lowest BCUT2D eigenvalue weighted by molar-refractivity contribution is 0.336. The molecule has 1 aromatic heterocycles. The molecule has 0 aliphatic carbocycles. The number of hydrogen-bond donors (Lipinski definition) is 0. The minimum atomic E-state index is -0.0128. The second-order valence-electron chi connectivity index (χ2n) is 4.55. The Morgan fingerprint density at radius 2 is 2.14 bits per heavy atom. The highest BCUT2D eigenvalue weighted by molar-refractivity contribution is 14.1. The quantitative estimate of drug-likeness (QED) is 0.786. The summed E-state index contributed by atoms with van der Waals surface area (Å²) >= 11 is 2.09. The zero-order chi connectivity index (χ0) is 10.8. The molecular weight excluding hydrogens is 291 g/mol. The lowest BCUT2D eigenvalue weighted by atomic mass is 9.92. The third-order valence-electron chi connectivity index (χ3n) is 1.91. The van der Waals surface area contributed by atoms with Crippen LogP contribution in [-0.4, -0.2) is 9.78 Å². The van der Waals surface area contributed by atoms with Gasteiger partial charge in [0.15, 0.2) is 0 Å². The first-order valence-electron chi connectivity index (χ1n) is 4.61. The summed E-state index contributed by atoms with van der Waals surface area (Å²) in [6, 6.07) is 1.61. The van der Waals surface area contributed by atoms with E-state index in [1.165, 1.54) is 4.68 Å². The Bertz CT molecular complexity index is 365. The lowest BCUT2D eigenvalue weighted by Crippen LogP contribution is -2.24. The maximum Gasteiger partial charge on any atom is 0.267 e. The maximum atomic E-state index is 11.5. The van der Waals surface area contributed by atoms with Gasteiger partial charge in [0.1, 0.15) is 0 Å².